The summed E-state index contributed by atoms with van der Waals surface area (Å²) in [4.78, 5) is 0. The number of aliphatic hydroxyl groups is 2. The van der Waals surface area contributed by atoms with Gasteiger partial charge >= 0.3 is 0 Å². The topological polar surface area (TPSA) is 40.5 Å². The monoisotopic (exact) mass is 356 g/mol. The van der Waals surface area contributed by atoms with E-state index in [1.807, 2.05) is 13.8 Å². The Labute approximate surface area is 82.3 Å². The van der Waals surface area contributed by atoms with Gasteiger partial charge in [-0.25, -0.2) is 0 Å². The quantitative estimate of drug-likeness (QED) is 0.448. The van der Waals surface area contributed by atoms with Crippen LogP contribution in [0.15, 0.2) is 0 Å². The van der Waals surface area contributed by atoms with Crippen LogP contribution < -0.4 is 0 Å². The van der Waals surface area contributed by atoms with Crippen LogP contribution in [0.25, 0.3) is 0 Å². The van der Waals surface area contributed by atoms with Gasteiger partial charge < -0.3 is 10.2 Å². The summed E-state index contributed by atoms with van der Waals surface area (Å²) in [6.45, 7) is 3.62. The summed E-state index contributed by atoms with van der Waals surface area (Å²) in [5, 5.41) is 18.2. The lowest BCUT2D eigenvalue weighted by Crippen LogP contribution is -2.39. The minimum absolute atomic E-state index is 0.436. The van der Waals surface area contributed by atoms with Crippen molar-refractivity contribution >= 4 is 45.2 Å². The molecule has 0 spiro atoms. The van der Waals surface area contributed by atoms with E-state index in [0.717, 1.165) is 4.43 Å². The van der Waals surface area contributed by atoms with Crippen LogP contribution in [-0.2, 0) is 0 Å². The molecule has 0 amide bonds. The zero-order chi connectivity index (χ0) is 7.71. The van der Waals surface area contributed by atoms with Crippen molar-refractivity contribution in [1.29, 1.82) is 0 Å². The van der Waals surface area contributed by atoms with E-state index < -0.39 is 9.21 Å². The van der Waals surface area contributed by atoms with Crippen molar-refractivity contribution in [1.82, 2.24) is 0 Å². The molecule has 0 saturated heterocycles. The highest BCUT2D eigenvalue weighted by atomic mass is 127. The van der Waals surface area contributed by atoms with E-state index in [2.05, 4.69) is 22.6 Å². The van der Waals surface area contributed by atoms with Crippen molar-refractivity contribution in [2.45, 2.75) is 17.6 Å². The molecule has 0 aromatic heterocycles. The first kappa shape index (κ1) is 10.4. The Morgan fingerprint density at radius 1 is 1.33 bits per heavy atom. The average Bonchev–Trinajstić information content (AvgIpc) is 1.64. The molecule has 0 aromatic rings. The van der Waals surface area contributed by atoms with Crippen LogP contribution in [0.1, 0.15) is 13.8 Å². The minimum Gasteiger partial charge on any atom is -0.357 e. The Hall–Kier alpha value is 1.38. The van der Waals surface area contributed by atoms with Gasteiger partial charge in [0.25, 0.3) is 0 Å². The Bertz CT molecular complexity index is 95.6. The van der Waals surface area contributed by atoms with Crippen molar-refractivity contribution < 1.29 is 10.2 Å². The maximum absolute atomic E-state index is 9.08. The molecule has 0 unspecified atom stereocenters. The fourth-order valence-corrected chi connectivity index (χ4v) is 1.54. The molecule has 0 bridgehead atoms. The molecule has 0 saturated carbocycles. The fraction of sp³-hybridized carbons (Fsp3) is 1.00. The van der Waals surface area contributed by atoms with Crippen molar-refractivity contribution in [2.75, 3.05) is 4.43 Å². The standard InChI is InChI=1S/C5H10I2O2/c1-4(2,3-6)5(7,8)9/h8-9H,3H2,1-2H3. The molecule has 0 aromatic carbocycles. The molecule has 4 heteroatoms. The predicted octanol–water partition coefficient (Wildman–Crippen LogP) is 1.52. The maximum Gasteiger partial charge on any atom is 0.222 e. The molecule has 0 fully saturated rings. The van der Waals surface area contributed by atoms with Gasteiger partial charge in [-0.1, -0.05) is 36.4 Å². The molecule has 2 N–H and O–H groups in total. The normalized spacial score (nSPS) is 14.0. The smallest absolute Gasteiger partial charge is 0.222 e. The molecule has 2 nitrogen and oxygen atoms in total. The summed E-state index contributed by atoms with van der Waals surface area (Å²) in [6.07, 6.45) is 0. The third-order valence-electron chi connectivity index (χ3n) is 1.20. The number of hydrogen-bond donors (Lipinski definition) is 2. The van der Waals surface area contributed by atoms with Crippen molar-refractivity contribution in [2.24, 2.45) is 5.41 Å². The van der Waals surface area contributed by atoms with Crippen molar-refractivity contribution in [3.8, 4) is 0 Å². The molecule has 0 aliphatic heterocycles. The van der Waals surface area contributed by atoms with E-state index in [1.165, 1.54) is 0 Å². The minimum atomic E-state index is -1.59. The first-order valence-corrected chi connectivity index (χ1v) is 5.11. The second kappa shape index (κ2) is 3.19. The zero-order valence-electron chi connectivity index (χ0n) is 5.36. The number of alkyl halides is 2. The SMILES string of the molecule is CC(C)(CI)C(O)(O)I. The number of hydrogen-bond acceptors (Lipinski definition) is 2. The van der Waals surface area contributed by atoms with Crippen LogP contribution in [0, 0.1) is 5.41 Å². The fourth-order valence-electron chi connectivity index (χ4n) is 0.0850. The van der Waals surface area contributed by atoms with Gasteiger partial charge in [0.2, 0.25) is 3.79 Å². The van der Waals surface area contributed by atoms with E-state index >= 15 is 0 Å². The lowest BCUT2D eigenvalue weighted by atomic mass is 9.96. The van der Waals surface area contributed by atoms with Gasteiger partial charge in [-0.2, -0.15) is 0 Å². The highest BCUT2D eigenvalue weighted by Crippen LogP contribution is 2.35. The molecule has 0 aliphatic carbocycles. The number of rotatable bonds is 2. The Morgan fingerprint density at radius 3 is 1.67 bits per heavy atom. The summed E-state index contributed by atoms with van der Waals surface area (Å²) in [5.41, 5.74) is -0.436. The van der Waals surface area contributed by atoms with Crippen LogP contribution in [-0.4, -0.2) is 18.4 Å². The molecule has 0 radical (unpaired) electrons. The molecular weight excluding hydrogens is 346 g/mol. The molecule has 9 heavy (non-hydrogen) atoms. The second-order valence-corrected chi connectivity index (χ2v) is 4.87. The van der Waals surface area contributed by atoms with Crippen LogP contribution in [0.2, 0.25) is 0 Å². The summed E-state index contributed by atoms with van der Waals surface area (Å²) >= 11 is 3.76. The third kappa shape index (κ3) is 2.85. The van der Waals surface area contributed by atoms with E-state index in [1.54, 1.807) is 22.6 Å². The predicted molar refractivity (Wildman–Crippen MR) is 53.9 cm³/mol. The first-order chi connectivity index (χ1) is 3.81. The molecule has 0 atom stereocenters. The molecule has 0 heterocycles. The summed E-state index contributed by atoms with van der Waals surface area (Å²) in [5.74, 6) is 0. The maximum atomic E-state index is 9.08. The lowest BCUT2D eigenvalue weighted by molar-refractivity contribution is -0.128. The van der Waals surface area contributed by atoms with Gasteiger partial charge in [-0.3, -0.25) is 0 Å². The Kier molecular flexibility index (Phi) is 3.67. The van der Waals surface area contributed by atoms with Crippen molar-refractivity contribution in [3.63, 3.8) is 0 Å². The van der Waals surface area contributed by atoms with Gasteiger partial charge in [0, 0.05) is 9.84 Å². The number of halogens is 2. The van der Waals surface area contributed by atoms with Crippen LogP contribution in [0.5, 0.6) is 0 Å². The summed E-state index contributed by atoms with van der Waals surface area (Å²) < 4.78 is -0.868. The van der Waals surface area contributed by atoms with Gasteiger partial charge in [-0.15, -0.1) is 0 Å². The molecular formula is C5H10I2O2. The van der Waals surface area contributed by atoms with Gasteiger partial charge in [-0.05, 0) is 22.6 Å². The molecule has 56 valence electrons. The van der Waals surface area contributed by atoms with Gasteiger partial charge in [0.15, 0.2) is 0 Å². The zero-order valence-corrected chi connectivity index (χ0v) is 9.67. The van der Waals surface area contributed by atoms with Gasteiger partial charge in [0.05, 0.1) is 0 Å². The highest BCUT2D eigenvalue weighted by molar-refractivity contribution is 14.1. The summed E-state index contributed by atoms with van der Waals surface area (Å²) in [6, 6.07) is 0. The second-order valence-electron chi connectivity index (χ2n) is 2.60. The Balaban J connectivity index is 4.14. The van der Waals surface area contributed by atoms with Crippen molar-refractivity contribution in [3.05, 3.63) is 0 Å². The Morgan fingerprint density at radius 2 is 1.67 bits per heavy atom. The average molecular weight is 356 g/mol. The molecule has 0 rings (SSSR count). The lowest BCUT2D eigenvalue weighted by Gasteiger charge is -2.31. The van der Waals surface area contributed by atoms with E-state index in [-0.39, 0.29) is 0 Å². The highest BCUT2D eigenvalue weighted by Gasteiger charge is 2.38. The summed E-state index contributed by atoms with van der Waals surface area (Å²) in [7, 11) is 0. The largest absolute Gasteiger partial charge is 0.357 e. The first-order valence-electron chi connectivity index (χ1n) is 2.51. The third-order valence-corrected chi connectivity index (χ3v) is 4.56. The van der Waals surface area contributed by atoms with Crippen LogP contribution in [0.3, 0.4) is 0 Å². The molecule has 0 aliphatic rings. The van der Waals surface area contributed by atoms with E-state index in [0.29, 0.717) is 0 Å². The van der Waals surface area contributed by atoms with Crippen LogP contribution >= 0.6 is 45.2 Å². The van der Waals surface area contributed by atoms with E-state index in [9.17, 15) is 0 Å². The van der Waals surface area contributed by atoms with Crippen LogP contribution in [0.4, 0.5) is 0 Å². The van der Waals surface area contributed by atoms with E-state index in [4.69, 9.17) is 10.2 Å². The van der Waals surface area contributed by atoms with Gasteiger partial charge in [0.1, 0.15) is 0 Å².